The van der Waals surface area contributed by atoms with Crippen LogP contribution in [0.5, 0.6) is 0 Å². The molecule has 5 nitrogen and oxygen atoms in total. The molecule has 0 fully saturated rings. The van der Waals surface area contributed by atoms with E-state index < -0.39 is 10.0 Å². The molecule has 102 valence electrons. The summed E-state index contributed by atoms with van der Waals surface area (Å²) in [6, 6.07) is 6.50. The summed E-state index contributed by atoms with van der Waals surface area (Å²) in [5, 5.41) is 12.3. The Morgan fingerprint density at radius 3 is 2.63 bits per heavy atom. The molecule has 1 aromatic carbocycles. The Morgan fingerprint density at radius 2 is 2.05 bits per heavy atom. The summed E-state index contributed by atoms with van der Waals surface area (Å²) in [6.45, 7) is 0.732. The first-order chi connectivity index (χ1) is 8.97. The van der Waals surface area contributed by atoms with Crippen molar-refractivity contribution in [2.75, 3.05) is 17.6 Å². The first-order valence-corrected chi connectivity index (χ1v) is 8.13. The van der Waals surface area contributed by atoms with Crippen LogP contribution in [0.25, 0.3) is 0 Å². The van der Waals surface area contributed by atoms with Crippen LogP contribution in [0.3, 0.4) is 0 Å². The average Bonchev–Trinajstić information content (AvgIpc) is 2.83. The van der Waals surface area contributed by atoms with Gasteiger partial charge in [0.25, 0.3) is 0 Å². The van der Waals surface area contributed by atoms with Gasteiger partial charge in [-0.25, -0.2) is 13.6 Å². The number of hydrogen-bond donors (Lipinski definition) is 3. The van der Waals surface area contributed by atoms with Gasteiger partial charge in [-0.3, -0.25) is 0 Å². The number of benzene rings is 1. The summed E-state index contributed by atoms with van der Waals surface area (Å²) in [5.41, 5.74) is 8.14. The van der Waals surface area contributed by atoms with E-state index in [2.05, 4.69) is 16.8 Å². The molecule has 0 radical (unpaired) electrons. The summed E-state index contributed by atoms with van der Waals surface area (Å²) in [5.74, 6) is 0. The minimum Gasteiger partial charge on any atom is -0.397 e. The highest BCUT2D eigenvalue weighted by atomic mass is 32.2. The molecule has 0 saturated carbocycles. The minimum atomic E-state index is -3.70. The number of rotatable bonds is 5. The van der Waals surface area contributed by atoms with Crippen LogP contribution in [0, 0.1) is 0 Å². The second kappa shape index (κ2) is 5.60. The highest BCUT2D eigenvalue weighted by molar-refractivity contribution is 7.89. The smallest absolute Gasteiger partial charge is 0.238 e. The lowest BCUT2D eigenvalue weighted by molar-refractivity contribution is 0.598. The maximum Gasteiger partial charge on any atom is 0.238 e. The van der Waals surface area contributed by atoms with Gasteiger partial charge in [-0.15, -0.1) is 0 Å². The molecule has 2 rings (SSSR count). The van der Waals surface area contributed by atoms with Gasteiger partial charge in [-0.1, -0.05) is 0 Å². The minimum absolute atomic E-state index is 0.0217. The van der Waals surface area contributed by atoms with Crippen LogP contribution in [-0.2, 0) is 16.4 Å². The van der Waals surface area contributed by atoms with Gasteiger partial charge in [0, 0.05) is 6.54 Å². The summed E-state index contributed by atoms with van der Waals surface area (Å²) < 4.78 is 22.3. The molecule has 2 aromatic rings. The Morgan fingerprint density at radius 1 is 1.26 bits per heavy atom. The van der Waals surface area contributed by atoms with Gasteiger partial charge < -0.3 is 11.1 Å². The Hall–Kier alpha value is -1.57. The van der Waals surface area contributed by atoms with Crippen LogP contribution in [-0.4, -0.2) is 15.0 Å². The Balaban J connectivity index is 2.01. The second-order valence-corrected chi connectivity index (χ2v) is 6.44. The van der Waals surface area contributed by atoms with Crippen LogP contribution in [0.2, 0.25) is 0 Å². The summed E-state index contributed by atoms with van der Waals surface area (Å²) >= 11 is 1.66. The number of anilines is 2. The van der Waals surface area contributed by atoms with E-state index in [1.807, 2.05) is 5.38 Å². The number of nitrogens with one attached hydrogen (secondary N) is 1. The number of nitrogen functional groups attached to an aromatic ring is 1. The summed E-state index contributed by atoms with van der Waals surface area (Å²) in [7, 11) is -3.70. The molecule has 0 bridgehead atoms. The zero-order chi connectivity index (χ0) is 13.9. The standard InChI is InChI=1S/C12H15N3O2S2/c13-11-7-10(19(14,16)17)1-2-12(11)15-5-3-9-4-6-18-8-9/h1-2,4,6-8,15H,3,5,13H2,(H2,14,16,17). The van der Waals surface area contributed by atoms with E-state index in [1.54, 1.807) is 17.4 Å². The lowest BCUT2D eigenvalue weighted by Crippen LogP contribution is -2.13. The monoisotopic (exact) mass is 297 g/mol. The second-order valence-electron chi connectivity index (χ2n) is 4.10. The molecule has 19 heavy (non-hydrogen) atoms. The Kier molecular flexibility index (Phi) is 4.08. The highest BCUT2D eigenvalue weighted by Crippen LogP contribution is 2.22. The molecule has 0 aliphatic carbocycles. The van der Waals surface area contributed by atoms with Gasteiger partial charge in [-0.05, 0) is 47.0 Å². The third-order valence-corrected chi connectivity index (χ3v) is 4.30. The largest absolute Gasteiger partial charge is 0.397 e. The van der Waals surface area contributed by atoms with Crippen molar-refractivity contribution < 1.29 is 8.42 Å². The van der Waals surface area contributed by atoms with Gasteiger partial charge in [0.05, 0.1) is 16.3 Å². The molecule has 7 heteroatoms. The Labute approximate surface area is 116 Å². The van der Waals surface area contributed by atoms with Gasteiger partial charge >= 0.3 is 0 Å². The van der Waals surface area contributed by atoms with E-state index in [4.69, 9.17) is 10.9 Å². The number of sulfonamides is 1. The first-order valence-electron chi connectivity index (χ1n) is 5.64. The van der Waals surface area contributed by atoms with E-state index in [0.29, 0.717) is 11.4 Å². The van der Waals surface area contributed by atoms with Crippen molar-refractivity contribution >= 4 is 32.7 Å². The van der Waals surface area contributed by atoms with Crippen molar-refractivity contribution in [2.24, 2.45) is 5.14 Å². The van der Waals surface area contributed by atoms with E-state index in [-0.39, 0.29) is 4.90 Å². The zero-order valence-corrected chi connectivity index (χ0v) is 11.8. The first kappa shape index (κ1) is 13.9. The molecular formula is C12H15N3O2S2. The lowest BCUT2D eigenvalue weighted by Gasteiger charge is -2.10. The van der Waals surface area contributed by atoms with Crippen molar-refractivity contribution in [1.82, 2.24) is 0 Å². The van der Waals surface area contributed by atoms with Crippen molar-refractivity contribution in [2.45, 2.75) is 11.3 Å². The quantitative estimate of drug-likeness (QED) is 0.731. The van der Waals surface area contributed by atoms with Crippen LogP contribution in [0.1, 0.15) is 5.56 Å². The normalized spacial score (nSPS) is 11.4. The van der Waals surface area contributed by atoms with Gasteiger partial charge in [0.1, 0.15) is 0 Å². The van der Waals surface area contributed by atoms with Gasteiger partial charge in [0.2, 0.25) is 10.0 Å². The molecule has 0 aliphatic heterocycles. The van der Waals surface area contributed by atoms with Crippen molar-refractivity contribution in [3.8, 4) is 0 Å². The highest BCUT2D eigenvalue weighted by Gasteiger charge is 2.09. The van der Waals surface area contributed by atoms with Crippen molar-refractivity contribution in [1.29, 1.82) is 0 Å². The SMILES string of the molecule is Nc1cc(S(N)(=O)=O)ccc1NCCc1ccsc1. The third kappa shape index (κ3) is 3.69. The zero-order valence-electron chi connectivity index (χ0n) is 10.2. The molecule has 0 unspecified atom stereocenters. The molecule has 0 atom stereocenters. The van der Waals surface area contributed by atoms with Crippen molar-refractivity contribution in [3.05, 3.63) is 40.6 Å². The average molecular weight is 297 g/mol. The van der Waals surface area contributed by atoms with Crippen LogP contribution >= 0.6 is 11.3 Å². The predicted octanol–water partition coefficient (Wildman–Crippen LogP) is 1.63. The third-order valence-electron chi connectivity index (χ3n) is 2.66. The van der Waals surface area contributed by atoms with E-state index in [0.717, 1.165) is 13.0 Å². The number of thiophene rings is 1. The molecule has 0 amide bonds. The molecule has 0 saturated heterocycles. The van der Waals surface area contributed by atoms with E-state index >= 15 is 0 Å². The number of nitrogens with two attached hydrogens (primary N) is 2. The van der Waals surface area contributed by atoms with Crippen molar-refractivity contribution in [3.63, 3.8) is 0 Å². The molecule has 1 heterocycles. The lowest BCUT2D eigenvalue weighted by atomic mass is 10.2. The summed E-state index contributed by atoms with van der Waals surface area (Å²) in [6.07, 6.45) is 0.889. The molecule has 1 aromatic heterocycles. The van der Waals surface area contributed by atoms with E-state index in [1.165, 1.54) is 17.7 Å². The summed E-state index contributed by atoms with van der Waals surface area (Å²) in [4.78, 5) is 0.0217. The number of hydrogen-bond acceptors (Lipinski definition) is 5. The van der Waals surface area contributed by atoms with Gasteiger partial charge in [0.15, 0.2) is 0 Å². The molecule has 0 spiro atoms. The fraction of sp³-hybridized carbons (Fsp3) is 0.167. The molecular weight excluding hydrogens is 282 g/mol. The fourth-order valence-electron chi connectivity index (χ4n) is 1.66. The predicted molar refractivity (Wildman–Crippen MR) is 78.7 cm³/mol. The Bertz CT molecular complexity index is 652. The fourth-order valence-corrected chi connectivity index (χ4v) is 2.91. The van der Waals surface area contributed by atoms with Crippen LogP contribution in [0.4, 0.5) is 11.4 Å². The number of primary sulfonamides is 1. The molecule has 0 aliphatic rings. The molecule has 5 N–H and O–H groups in total. The van der Waals surface area contributed by atoms with Crippen LogP contribution < -0.4 is 16.2 Å². The maximum absolute atomic E-state index is 11.2. The van der Waals surface area contributed by atoms with E-state index in [9.17, 15) is 8.42 Å². The van der Waals surface area contributed by atoms with Gasteiger partial charge in [-0.2, -0.15) is 11.3 Å². The van der Waals surface area contributed by atoms with Crippen LogP contribution in [0.15, 0.2) is 39.9 Å². The topological polar surface area (TPSA) is 98.2 Å². The maximum atomic E-state index is 11.2.